The molecule has 3 heteroatoms. The molecule has 0 bridgehead atoms. The van der Waals surface area contributed by atoms with E-state index in [4.69, 9.17) is 0 Å². The largest absolute Gasteiger partial charge is 0.325 e. The van der Waals surface area contributed by atoms with Crippen molar-refractivity contribution < 1.29 is 0 Å². The summed E-state index contributed by atoms with van der Waals surface area (Å²) in [6, 6.07) is 0. The van der Waals surface area contributed by atoms with Crippen LogP contribution in [0, 0.1) is 5.92 Å². The maximum atomic E-state index is 3.90. The third kappa shape index (κ3) is 2.09. The fourth-order valence-electron chi connectivity index (χ4n) is 0.641. The van der Waals surface area contributed by atoms with Crippen LogP contribution in [0.15, 0.2) is 18.7 Å². The number of hydrogen-bond donors (Lipinski definition) is 1. The fourth-order valence-corrected chi connectivity index (χ4v) is 0.641. The molecule has 1 heterocycles. The molecule has 0 radical (unpaired) electrons. The quantitative estimate of drug-likeness (QED) is 0.679. The highest BCUT2D eigenvalue weighted by Crippen LogP contribution is 1.88. The zero-order valence-electron chi connectivity index (χ0n) is 6.41. The number of hydrogen-bond acceptors (Lipinski definition) is 2. The highest BCUT2D eigenvalue weighted by Gasteiger charge is 1.91. The van der Waals surface area contributed by atoms with E-state index in [9.17, 15) is 0 Å². The maximum Gasteiger partial charge on any atom is 0.114 e. The van der Waals surface area contributed by atoms with Gasteiger partial charge in [-0.3, -0.25) is 4.68 Å². The summed E-state index contributed by atoms with van der Waals surface area (Å²) in [5.41, 5.74) is 3.18. The Labute approximate surface area is 61.0 Å². The summed E-state index contributed by atoms with van der Waals surface area (Å²) in [7, 11) is 0. The molecular formula is C7H13N3. The van der Waals surface area contributed by atoms with Crippen molar-refractivity contribution in [2.45, 2.75) is 13.8 Å². The Morgan fingerprint density at radius 2 is 2.40 bits per heavy atom. The average molecular weight is 139 g/mol. The molecule has 1 N–H and O–H groups in total. The molecule has 0 fully saturated rings. The first kappa shape index (κ1) is 7.12. The van der Waals surface area contributed by atoms with Gasteiger partial charge in [-0.2, -0.15) is 0 Å². The minimum absolute atomic E-state index is 0.669. The molecule has 0 spiro atoms. The summed E-state index contributed by atoms with van der Waals surface area (Å²) in [5.74, 6) is 0.669. The molecule has 1 rings (SSSR count). The summed E-state index contributed by atoms with van der Waals surface area (Å²) in [5, 5.41) is 0. The Balaban J connectivity index is 2.28. The van der Waals surface area contributed by atoms with Gasteiger partial charge in [0.1, 0.15) is 6.33 Å². The highest BCUT2D eigenvalue weighted by atomic mass is 15.4. The van der Waals surface area contributed by atoms with Crippen molar-refractivity contribution in [1.29, 1.82) is 0 Å². The van der Waals surface area contributed by atoms with Crippen molar-refractivity contribution in [1.82, 2.24) is 9.66 Å². The Hall–Kier alpha value is -0.990. The van der Waals surface area contributed by atoms with E-state index < -0.39 is 0 Å². The second-order valence-electron chi connectivity index (χ2n) is 2.73. The zero-order chi connectivity index (χ0) is 7.40. The molecule has 10 heavy (non-hydrogen) atoms. The van der Waals surface area contributed by atoms with Crippen LogP contribution in [-0.4, -0.2) is 16.2 Å². The van der Waals surface area contributed by atoms with Crippen LogP contribution >= 0.6 is 0 Å². The topological polar surface area (TPSA) is 29.9 Å². The van der Waals surface area contributed by atoms with E-state index in [1.165, 1.54) is 0 Å². The second-order valence-corrected chi connectivity index (χ2v) is 2.73. The van der Waals surface area contributed by atoms with Crippen LogP contribution < -0.4 is 5.43 Å². The summed E-state index contributed by atoms with van der Waals surface area (Å²) in [4.78, 5) is 3.90. The Morgan fingerprint density at radius 3 is 2.90 bits per heavy atom. The zero-order valence-corrected chi connectivity index (χ0v) is 6.41. The summed E-state index contributed by atoms with van der Waals surface area (Å²) >= 11 is 0. The van der Waals surface area contributed by atoms with E-state index in [-0.39, 0.29) is 0 Å². The van der Waals surface area contributed by atoms with E-state index in [0.29, 0.717) is 5.92 Å². The van der Waals surface area contributed by atoms with Crippen LogP contribution in [0.4, 0.5) is 0 Å². The van der Waals surface area contributed by atoms with Gasteiger partial charge in [-0.25, -0.2) is 4.98 Å². The van der Waals surface area contributed by atoms with Gasteiger partial charge < -0.3 is 5.43 Å². The lowest BCUT2D eigenvalue weighted by Gasteiger charge is -2.07. The van der Waals surface area contributed by atoms with Crippen molar-refractivity contribution in [3.63, 3.8) is 0 Å². The molecule has 0 aliphatic heterocycles. The molecule has 0 amide bonds. The number of aromatic nitrogens is 2. The highest BCUT2D eigenvalue weighted by molar-refractivity contribution is 4.80. The second kappa shape index (κ2) is 3.25. The summed E-state index contributed by atoms with van der Waals surface area (Å²) in [6.07, 6.45) is 5.40. The molecule has 0 unspecified atom stereocenters. The van der Waals surface area contributed by atoms with Gasteiger partial charge in [0.25, 0.3) is 0 Å². The van der Waals surface area contributed by atoms with E-state index in [2.05, 4.69) is 24.3 Å². The van der Waals surface area contributed by atoms with Gasteiger partial charge in [0.2, 0.25) is 0 Å². The minimum Gasteiger partial charge on any atom is -0.325 e. The number of rotatable bonds is 3. The molecule has 0 saturated heterocycles. The van der Waals surface area contributed by atoms with Crippen LogP contribution in [0.3, 0.4) is 0 Å². The van der Waals surface area contributed by atoms with Gasteiger partial charge >= 0.3 is 0 Å². The SMILES string of the molecule is CC(C)CNn1ccnc1. The first-order chi connectivity index (χ1) is 4.79. The molecule has 0 aliphatic rings. The van der Waals surface area contributed by atoms with E-state index in [0.717, 1.165) is 6.54 Å². The number of imidazole rings is 1. The van der Waals surface area contributed by atoms with Crippen molar-refractivity contribution in [2.24, 2.45) is 5.92 Å². The molecule has 56 valence electrons. The van der Waals surface area contributed by atoms with Crippen LogP contribution in [-0.2, 0) is 0 Å². The molecule has 0 atom stereocenters. The molecule has 1 aromatic rings. The molecule has 1 aromatic heterocycles. The monoisotopic (exact) mass is 139 g/mol. The number of nitrogens with zero attached hydrogens (tertiary/aromatic N) is 2. The third-order valence-electron chi connectivity index (χ3n) is 1.19. The Kier molecular flexibility index (Phi) is 2.31. The van der Waals surface area contributed by atoms with E-state index >= 15 is 0 Å². The molecule has 0 saturated carbocycles. The van der Waals surface area contributed by atoms with Crippen molar-refractivity contribution >= 4 is 0 Å². The lowest BCUT2D eigenvalue weighted by atomic mass is 10.2. The lowest BCUT2D eigenvalue weighted by Crippen LogP contribution is -2.17. The van der Waals surface area contributed by atoms with E-state index in [1.807, 2.05) is 10.9 Å². The first-order valence-corrected chi connectivity index (χ1v) is 3.51. The van der Waals surface area contributed by atoms with Crippen LogP contribution in [0.25, 0.3) is 0 Å². The first-order valence-electron chi connectivity index (χ1n) is 3.51. The predicted octanol–water partition coefficient (Wildman–Crippen LogP) is 1.08. The van der Waals surface area contributed by atoms with Gasteiger partial charge in [-0.15, -0.1) is 0 Å². The number of nitrogens with one attached hydrogen (secondary N) is 1. The summed E-state index contributed by atoms with van der Waals surface area (Å²) in [6.45, 7) is 5.32. The molecular weight excluding hydrogens is 126 g/mol. The summed E-state index contributed by atoms with van der Waals surface area (Å²) < 4.78 is 1.86. The van der Waals surface area contributed by atoms with Crippen LogP contribution in [0.1, 0.15) is 13.8 Å². The molecule has 0 aliphatic carbocycles. The van der Waals surface area contributed by atoms with Gasteiger partial charge in [0.15, 0.2) is 0 Å². The smallest absolute Gasteiger partial charge is 0.114 e. The van der Waals surface area contributed by atoms with Gasteiger partial charge in [-0.1, -0.05) is 13.8 Å². The molecule has 3 nitrogen and oxygen atoms in total. The lowest BCUT2D eigenvalue weighted by molar-refractivity contribution is 0.641. The van der Waals surface area contributed by atoms with Crippen molar-refractivity contribution in [2.75, 3.05) is 12.0 Å². The van der Waals surface area contributed by atoms with Crippen molar-refractivity contribution in [3.05, 3.63) is 18.7 Å². The van der Waals surface area contributed by atoms with E-state index in [1.54, 1.807) is 12.5 Å². The minimum atomic E-state index is 0.669. The molecule has 0 aromatic carbocycles. The standard InChI is InChI=1S/C7H13N3/c1-7(2)5-9-10-4-3-8-6-10/h3-4,6-7,9H,5H2,1-2H3. The third-order valence-corrected chi connectivity index (χ3v) is 1.19. The fraction of sp³-hybridized carbons (Fsp3) is 0.571. The predicted molar refractivity (Wildman–Crippen MR) is 41.3 cm³/mol. The Morgan fingerprint density at radius 1 is 1.60 bits per heavy atom. The van der Waals surface area contributed by atoms with Crippen LogP contribution in [0.2, 0.25) is 0 Å². The van der Waals surface area contributed by atoms with Crippen LogP contribution in [0.5, 0.6) is 0 Å². The average Bonchev–Trinajstić information content (AvgIpc) is 2.34. The van der Waals surface area contributed by atoms with Crippen molar-refractivity contribution in [3.8, 4) is 0 Å². The van der Waals surface area contributed by atoms with Gasteiger partial charge in [0.05, 0.1) is 0 Å². The maximum absolute atomic E-state index is 3.90. The normalized spacial score (nSPS) is 10.3. The van der Waals surface area contributed by atoms with Gasteiger partial charge in [-0.05, 0) is 5.92 Å². The van der Waals surface area contributed by atoms with Gasteiger partial charge in [0, 0.05) is 18.9 Å². The Bertz CT molecular complexity index is 167.